The standard InChI is InChI=1S/C21H35N5O3.HI/c1-25(2)20(27)17-24-21(22-10-6-12-26-13-15-29-16-14-26)23-11-9-18-7-4-5-8-19(18)28-3;/h4-5,7-8H,6,9-17H2,1-3H3,(H2,22,23,24);1H. The number of nitrogens with zero attached hydrogens (tertiary/aromatic N) is 3. The number of ether oxygens (including phenoxy) is 2. The summed E-state index contributed by atoms with van der Waals surface area (Å²) in [5, 5.41) is 6.68. The van der Waals surface area contributed by atoms with Crippen LogP contribution in [-0.2, 0) is 16.0 Å². The van der Waals surface area contributed by atoms with Gasteiger partial charge in [0.15, 0.2) is 5.96 Å². The monoisotopic (exact) mass is 533 g/mol. The third-order valence-electron chi connectivity index (χ3n) is 4.80. The van der Waals surface area contributed by atoms with Gasteiger partial charge < -0.3 is 25.0 Å². The van der Waals surface area contributed by atoms with Gasteiger partial charge in [0.1, 0.15) is 12.3 Å². The summed E-state index contributed by atoms with van der Waals surface area (Å²) in [6.45, 7) is 6.28. The number of carbonyl (C=O) groups is 1. The largest absolute Gasteiger partial charge is 0.496 e. The molecule has 2 rings (SSSR count). The van der Waals surface area contributed by atoms with Gasteiger partial charge in [-0.15, -0.1) is 24.0 Å². The molecule has 1 amide bonds. The lowest BCUT2D eigenvalue weighted by Crippen LogP contribution is -2.41. The predicted molar refractivity (Wildman–Crippen MR) is 131 cm³/mol. The van der Waals surface area contributed by atoms with Gasteiger partial charge in [0.2, 0.25) is 5.91 Å². The van der Waals surface area contributed by atoms with Crippen LogP contribution in [0.2, 0.25) is 0 Å². The molecule has 9 heteroatoms. The highest BCUT2D eigenvalue weighted by Gasteiger charge is 2.10. The van der Waals surface area contributed by atoms with Crippen molar-refractivity contribution in [3.05, 3.63) is 29.8 Å². The number of hydrogen-bond acceptors (Lipinski definition) is 5. The smallest absolute Gasteiger partial charge is 0.243 e. The molecule has 1 aromatic rings. The van der Waals surface area contributed by atoms with Crippen LogP contribution in [0.5, 0.6) is 5.75 Å². The van der Waals surface area contributed by atoms with Crippen LogP contribution in [0.1, 0.15) is 12.0 Å². The van der Waals surface area contributed by atoms with Crippen molar-refractivity contribution in [1.82, 2.24) is 20.4 Å². The molecule has 1 aliphatic heterocycles. The van der Waals surface area contributed by atoms with E-state index in [-0.39, 0.29) is 36.4 Å². The van der Waals surface area contributed by atoms with E-state index in [9.17, 15) is 4.79 Å². The number of likely N-dealkylation sites (N-methyl/N-ethyl adjacent to an activating group) is 1. The van der Waals surface area contributed by atoms with E-state index in [0.29, 0.717) is 12.5 Å². The number of morpholine rings is 1. The number of aliphatic imine (C=N–C) groups is 1. The Morgan fingerprint density at radius 1 is 1.20 bits per heavy atom. The van der Waals surface area contributed by atoms with Gasteiger partial charge in [0, 0.05) is 40.3 Å². The van der Waals surface area contributed by atoms with Crippen molar-refractivity contribution in [2.75, 3.05) is 73.7 Å². The van der Waals surface area contributed by atoms with Crippen LogP contribution in [-0.4, -0.2) is 95.4 Å². The van der Waals surface area contributed by atoms with Crippen molar-refractivity contribution in [2.45, 2.75) is 12.8 Å². The number of rotatable bonds is 10. The number of para-hydroxylation sites is 1. The number of hydrogen-bond donors (Lipinski definition) is 2. The van der Waals surface area contributed by atoms with Crippen LogP contribution in [0, 0.1) is 0 Å². The molecule has 8 nitrogen and oxygen atoms in total. The van der Waals surface area contributed by atoms with Crippen LogP contribution in [0.15, 0.2) is 29.3 Å². The molecule has 0 atom stereocenters. The Balaban J connectivity index is 0.00000450. The van der Waals surface area contributed by atoms with Gasteiger partial charge >= 0.3 is 0 Å². The molecule has 170 valence electrons. The molecule has 0 aliphatic carbocycles. The van der Waals surface area contributed by atoms with Crippen LogP contribution >= 0.6 is 24.0 Å². The van der Waals surface area contributed by atoms with Gasteiger partial charge in [-0.25, -0.2) is 4.99 Å². The summed E-state index contributed by atoms with van der Waals surface area (Å²) >= 11 is 0. The van der Waals surface area contributed by atoms with E-state index in [2.05, 4.69) is 26.6 Å². The van der Waals surface area contributed by atoms with Gasteiger partial charge in [-0.2, -0.15) is 0 Å². The second kappa shape index (κ2) is 15.2. The molecule has 1 aromatic carbocycles. The number of amides is 1. The lowest BCUT2D eigenvalue weighted by atomic mass is 10.1. The molecular formula is C21H36IN5O3. The Labute approximate surface area is 197 Å². The topological polar surface area (TPSA) is 78.4 Å². The third-order valence-corrected chi connectivity index (χ3v) is 4.80. The van der Waals surface area contributed by atoms with Gasteiger partial charge in [-0.1, -0.05) is 18.2 Å². The van der Waals surface area contributed by atoms with Crippen molar-refractivity contribution in [1.29, 1.82) is 0 Å². The maximum absolute atomic E-state index is 11.9. The average molecular weight is 533 g/mol. The third kappa shape index (κ3) is 9.94. The van der Waals surface area contributed by atoms with E-state index >= 15 is 0 Å². The number of carbonyl (C=O) groups excluding carboxylic acids is 1. The number of guanidine groups is 1. The Hall–Kier alpha value is -1.59. The fourth-order valence-electron chi connectivity index (χ4n) is 3.02. The first-order valence-electron chi connectivity index (χ1n) is 10.2. The molecule has 1 heterocycles. The summed E-state index contributed by atoms with van der Waals surface area (Å²) in [4.78, 5) is 20.3. The summed E-state index contributed by atoms with van der Waals surface area (Å²) in [5.41, 5.74) is 1.14. The quantitative estimate of drug-likeness (QED) is 0.204. The minimum absolute atomic E-state index is 0. The second-order valence-corrected chi connectivity index (χ2v) is 7.18. The maximum Gasteiger partial charge on any atom is 0.243 e. The van der Waals surface area contributed by atoms with Gasteiger partial charge in [0.25, 0.3) is 0 Å². The number of nitrogens with one attached hydrogen (secondary N) is 2. The molecule has 1 fully saturated rings. The fraction of sp³-hybridized carbons (Fsp3) is 0.619. The molecule has 0 bridgehead atoms. The normalized spacial score (nSPS) is 14.6. The molecule has 1 aliphatic rings. The van der Waals surface area contributed by atoms with E-state index in [1.807, 2.05) is 18.2 Å². The summed E-state index contributed by atoms with van der Waals surface area (Å²) in [6, 6.07) is 7.99. The van der Waals surface area contributed by atoms with Crippen molar-refractivity contribution in [3.63, 3.8) is 0 Å². The lowest BCUT2D eigenvalue weighted by Gasteiger charge is -2.26. The van der Waals surface area contributed by atoms with Gasteiger partial charge in [-0.05, 0) is 31.0 Å². The zero-order valence-corrected chi connectivity index (χ0v) is 20.7. The molecule has 0 spiro atoms. The Morgan fingerprint density at radius 2 is 1.90 bits per heavy atom. The SMILES string of the molecule is COc1ccccc1CCNC(=NCC(=O)N(C)C)NCCCN1CCOCC1.I. The summed E-state index contributed by atoms with van der Waals surface area (Å²) < 4.78 is 10.8. The van der Waals surface area contributed by atoms with Crippen molar-refractivity contribution >= 4 is 35.8 Å². The fourth-order valence-corrected chi connectivity index (χ4v) is 3.02. The molecule has 0 radical (unpaired) electrons. The first kappa shape index (κ1) is 26.4. The summed E-state index contributed by atoms with van der Waals surface area (Å²) in [7, 11) is 5.16. The predicted octanol–water partition coefficient (Wildman–Crippen LogP) is 1.20. The molecule has 0 unspecified atom stereocenters. The molecule has 0 saturated carbocycles. The van der Waals surface area contributed by atoms with E-state index in [1.165, 1.54) is 0 Å². The zero-order chi connectivity index (χ0) is 20.9. The first-order chi connectivity index (χ1) is 14.1. The summed E-state index contributed by atoms with van der Waals surface area (Å²) in [5.74, 6) is 1.52. The van der Waals surface area contributed by atoms with Crippen molar-refractivity contribution in [3.8, 4) is 5.75 Å². The van der Waals surface area contributed by atoms with Crippen LogP contribution < -0.4 is 15.4 Å². The van der Waals surface area contributed by atoms with Gasteiger partial charge in [0.05, 0.1) is 20.3 Å². The second-order valence-electron chi connectivity index (χ2n) is 7.18. The molecular weight excluding hydrogens is 497 g/mol. The molecule has 0 aromatic heterocycles. The maximum atomic E-state index is 11.9. The molecule has 1 saturated heterocycles. The minimum Gasteiger partial charge on any atom is -0.496 e. The van der Waals surface area contributed by atoms with E-state index in [4.69, 9.17) is 9.47 Å². The van der Waals surface area contributed by atoms with E-state index in [1.54, 1.807) is 26.1 Å². The van der Waals surface area contributed by atoms with E-state index < -0.39 is 0 Å². The zero-order valence-electron chi connectivity index (χ0n) is 18.4. The number of benzene rings is 1. The Kier molecular flexibility index (Phi) is 13.4. The van der Waals surface area contributed by atoms with Crippen molar-refractivity contribution in [2.24, 2.45) is 4.99 Å². The van der Waals surface area contributed by atoms with Crippen LogP contribution in [0.3, 0.4) is 0 Å². The van der Waals surface area contributed by atoms with Crippen molar-refractivity contribution < 1.29 is 14.3 Å². The Bertz CT molecular complexity index is 651. The first-order valence-corrected chi connectivity index (χ1v) is 10.2. The number of methoxy groups -OCH3 is 1. The summed E-state index contributed by atoms with van der Waals surface area (Å²) in [6.07, 6.45) is 1.81. The lowest BCUT2D eigenvalue weighted by molar-refractivity contribution is -0.127. The van der Waals surface area contributed by atoms with Gasteiger partial charge in [-0.3, -0.25) is 9.69 Å². The van der Waals surface area contributed by atoms with Crippen LogP contribution in [0.4, 0.5) is 0 Å². The Morgan fingerprint density at radius 3 is 2.60 bits per heavy atom. The highest BCUT2D eigenvalue weighted by molar-refractivity contribution is 14.0. The molecule has 2 N–H and O–H groups in total. The van der Waals surface area contributed by atoms with E-state index in [0.717, 1.165) is 63.5 Å². The molecule has 30 heavy (non-hydrogen) atoms. The number of halogens is 1. The average Bonchev–Trinajstić information content (AvgIpc) is 2.75. The highest BCUT2D eigenvalue weighted by Crippen LogP contribution is 2.17. The minimum atomic E-state index is -0.0239. The highest BCUT2D eigenvalue weighted by atomic mass is 127. The van der Waals surface area contributed by atoms with Crippen LogP contribution in [0.25, 0.3) is 0 Å².